The summed E-state index contributed by atoms with van der Waals surface area (Å²) in [5, 5.41) is 108. The third kappa shape index (κ3) is 7.50. The van der Waals surface area contributed by atoms with Crippen LogP contribution >= 0.6 is 0 Å². The van der Waals surface area contributed by atoms with Crippen LogP contribution in [0.5, 0.6) is 0 Å². The van der Waals surface area contributed by atoms with Gasteiger partial charge >= 0.3 is 5.97 Å². The molecule has 3 unspecified atom stereocenters. The van der Waals surface area contributed by atoms with Crippen LogP contribution in [0.3, 0.4) is 0 Å². The van der Waals surface area contributed by atoms with Crippen LogP contribution in [-0.4, -0.2) is 169 Å². The van der Waals surface area contributed by atoms with E-state index in [1.807, 2.05) is 0 Å². The number of fused-ring (bicyclic) bond motifs is 7. The predicted octanol–water partition coefficient (Wildman–Crippen LogP) is 0.955. The van der Waals surface area contributed by atoms with E-state index in [2.05, 4.69) is 54.5 Å². The highest BCUT2D eigenvalue weighted by Gasteiger charge is 2.71. The van der Waals surface area contributed by atoms with Crippen LogP contribution in [0.4, 0.5) is 0 Å². The van der Waals surface area contributed by atoms with Crippen LogP contribution in [0.25, 0.3) is 0 Å². The molecule has 360 valence electrons. The lowest BCUT2D eigenvalue weighted by Crippen LogP contribution is -2.68. The summed E-state index contributed by atoms with van der Waals surface area (Å²) in [6.07, 6.45) is -12.3. The molecule has 0 radical (unpaired) electrons. The fourth-order valence-electron chi connectivity index (χ4n) is 14.6. The van der Waals surface area contributed by atoms with Crippen LogP contribution in [0.1, 0.15) is 106 Å². The van der Waals surface area contributed by atoms with E-state index in [9.17, 15) is 55.9 Å². The molecule has 0 bridgehead atoms. The summed E-state index contributed by atoms with van der Waals surface area (Å²) in [5.41, 5.74) is -1.18. The molecule has 3 aliphatic heterocycles. The van der Waals surface area contributed by atoms with E-state index in [1.165, 1.54) is 5.57 Å². The smallest absolute Gasteiger partial charge is 0.312 e. The average molecular weight is 899 g/mol. The van der Waals surface area contributed by atoms with Crippen molar-refractivity contribution in [1.29, 1.82) is 0 Å². The summed E-state index contributed by atoms with van der Waals surface area (Å²) in [5.74, 6) is -0.701. The van der Waals surface area contributed by atoms with Crippen molar-refractivity contribution in [3.05, 3.63) is 11.6 Å². The van der Waals surface area contributed by atoms with Crippen molar-refractivity contribution < 1.29 is 84.3 Å². The van der Waals surface area contributed by atoms with Crippen molar-refractivity contribution in [3.8, 4) is 0 Å². The molecule has 0 amide bonds. The molecular formula is C46H74O17. The molecule has 4 saturated carbocycles. The first-order chi connectivity index (χ1) is 29.3. The van der Waals surface area contributed by atoms with E-state index in [4.69, 9.17) is 28.4 Å². The lowest BCUT2D eigenvalue weighted by Gasteiger charge is -2.71. The third-order valence-electron chi connectivity index (χ3n) is 18.6. The Morgan fingerprint density at radius 2 is 1.35 bits per heavy atom. The first-order valence-electron chi connectivity index (χ1n) is 23.2. The number of ether oxygens (including phenoxy) is 6. The fraction of sp³-hybridized carbons (Fsp3) is 0.935. The highest BCUT2D eigenvalue weighted by molar-refractivity contribution is 5.77. The quantitative estimate of drug-likeness (QED) is 0.120. The van der Waals surface area contributed by atoms with Gasteiger partial charge in [0.2, 0.25) is 0 Å². The molecule has 17 nitrogen and oxygen atoms in total. The number of carboxylic acid groups (broad SMARTS) is 1. The largest absolute Gasteiger partial charge is 0.481 e. The van der Waals surface area contributed by atoms with Crippen LogP contribution < -0.4 is 0 Å². The van der Waals surface area contributed by atoms with E-state index >= 15 is 0 Å². The molecule has 0 aromatic carbocycles. The number of aliphatic carboxylic acids is 1. The Morgan fingerprint density at radius 3 is 2.03 bits per heavy atom. The first kappa shape index (κ1) is 48.1. The van der Waals surface area contributed by atoms with Crippen molar-refractivity contribution in [2.45, 2.75) is 198 Å². The lowest BCUT2D eigenvalue weighted by molar-refractivity contribution is -0.357. The van der Waals surface area contributed by atoms with Gasteiger partial charge in [-0.05, 0) is 103 Å². The molecule has 22 atom stereocenters. The fourth-order valence-corrected chi connectivity index (χ4v) is 14.6. The minimum Gasteiger partial charge on any atom is -0.481 e. The van der Waals surface area contributed by atoms with Crippen molar-refractivity contribution in [2.24, 2.45) is 50.2 Å². The SMILES string of the molecule is CC1(C)CC[C@@]2(C(=O)O)C(C1)C1=CCC3[C@@]4(C)CC[C@H](O[C@@H]5O[C@H](CO[C@@H]6OC[C@H](O)[C@H](O)[C@H]6O[C@@H]6OC[C@@H](O)[C@H](O)[C@H]6O)[C@@H](O)[C@H](O)[C@H]5O)C(C)(C)C4CC[C@@]3(C)[C@]1(C)C[C@H]2O. The zero-order valence-corrected chi connectivity index (χ0v) is 37.8. The van der Waals surface area contributed by atoms with Crippen molar-refractivity contribution in [3.63, 3.8) is 0 Å². The second-order valence-corrected chi connectivity index (χ2v) is 22.7. The van der Waals surface area contributed by atoms with E-state index in [-0.39, 0.29) is 47.2 Å². The molecule has 5 aliphatic carbocycles. The molecule has 0 spiro atoms. The Bertz CT molecular complexity index is 1730. The molecule has 0 aromatic rings. The van der Waals surface area contributed by atoms with Crippen molar-refractivity contribution in [1.82, 2.24) is 0 Å². The lowest BCUT2D eigenvalue weighted by atomic mass is 9.33. The van der Waals surface area contributed by atoms with Gasteiger partial charge in [0.1, 0.15) is 66.5 Å². The van der Waals surface area contributed by atoms with Gasteiger partial charge in [-0.25, -0.2) is 0 Å². The summed E-state index contributed by atoms with van der Waals surface area (Å²) >= 11 is 0. The standard InChI is InChI=1S/C46H74O17/c1-41(2)14-15-46(40(56)57)22(16-41)21-8-9-27-43(5)12-11-29(42(3,4)26(43)10-13-44(27,6)45(21,7)17-28(46)49)62-38-35(55)33(53)32(52)25(61-38)20-60-39-36(31(51)24(48)19-59-39)63-37-34(54)30(50)23(47)18-58-37/h8,22-39,47-55H,9-20H2,1-7H3,(H,56,57)/t22?,23-,24+,25-,26?,27?,28-,29+,30+,31+,32-,33+,34-,35-,36-,37+,38+,39+,43+,44-,45-,46-/m1/s1. The van der Waals surface area contributed by atoms with Crippen molar-refractivity contribution in [2.75, 3.05) is 19.8 Å². The highest BCUT2D eigenvalue weighted by Crippen LogP contribution is 2.76. The minimum absolute atomic E-state index is 0.0349. The zero-order valence-electron chi connectivity index (χ0n) is 37.8. The second kappa shape index (κ2) is 16.7. The molecule has 17 heteroatoms. The van der Waals surface area contributed by atoms with Gasteiger partial charge in [-0.2, -0.15) is 0 Å². The van der Waals surface area contributed by atoms with Gasteiger partial charge in [-0.1, -0.05) is 60.1 Å². The molecular weight excluding hydrogens is 824 g/mol. The Labute approximate surface area is 369 Å². The summed E-state index contributed by atoms with van der Waals surface area (Å²) in [6.45, 7) is 14.7. The maximum Gasteiger partial charge on any atom is 0.312 e. The Balaban J connectivity index is 0.970. The molecule has 7 fully saturated rings. The maximum absolute atomic E-state index is 13.1. The number of allylic oxidation sites excluding steroid dienone is 2. The number of carbonyl (C=O) groups is 1. The van der Waals surface area contributed by atoms with E-state index in [0.29, 0.717) is 19.3 Å². The van der Waals surface area contributed by atoms with Gasteiger partial charge in [0.05, 0.1) is 32.0 Å². The van der Waals surface area contributed by atoms with Gasteiger partial charge in [-0.3, -0.25) is 4.79 Å². The summed E-state index contributed by atoms with van der Waals surface area (Å²) in [6, 6.07) is 0. The molecule has 3 saturated heterocycles. The van der Waals surface area contributed by atoms with E-state index < -0.39 is 121 Å². The number of hydrogen-bond donors (Lipinski definition) is 10. The summed E-state index contributed by atoms with van der Waals surface area (Å²) in [4.78, 5) is 13.1. The molecule has 63 heavy (non-hydrogen) atoms. The minimum atomic E-state index is -1.70. The summed E-state index contributed by atoms with van der Waals surface area (Å²) < 4.78 is 35.4. The number of aliphatic hydroxyl groups excluding tert-OH is 9. The van der Waals surface area contributed by atoms with Gasteiger partial charge in [0.25, 0.3) is 0 Å². The topological polar surface area (TPSA) is 275 Å². The number of rotatable bonds is 8. The first-order valence-corrected chi connectivity index (χ1v) is 23.2. The number of carboxylic acids is 1. The molecule has 0 aromatic heterocycles. The highest BCUT2D eigenvalue weighted by atomic mass is 16.8. The van der Waals surface area contributed by atoms with Crippen molar-refractivity contribution >= 4 is 5.97 Å². The van der Waals surface area contributed by atoms with Crippen LogP contribution in [0.15, 0.2) is 11.6 Å². The maximum atomic E-state index is 13.1. The Morgan fingerprint density at radius 1 is 0.698 bits per heavy atom. The normalized spacial score (nSPS) is 54.1. The molecule has 3 heterocycles. The second-order valence-electron chi connectivity index (χ2n) is 22.7. The van der Waals surface area contributed by atoms with Gasteiger partial charge in [-0.15, -0.1) is 0 Å². The number of hydrogen-bond acceptors (Lipinski definition) is 16. The molecule has 8 aliphatic rings. The average Bonchev–Trinajstić information content (AvgIpc) is 3.20. The Kier molecular flexibility index (Phi) is 12.7. The van der Waals surface area contributed by atoms with Gasteiger partial charge in [0.15, 0.2) is 18.9 Å². The molecule has 8 rings (SSSR count). The predicted molar refractivity (Wildman–Crippen MR) is 220 cm³/mol. The zero-order chi connectivity index (χ0) is 46.0. The van der Waals surface area contributed by atoms with Gasteiger partial charge < -0.3 is 79.5 Å². The number of aliphatic hydroxyl groups is 9. The van der Waals surface area contributed by atoms with Crippen LogP contribution in [0.2, 0.25) is 0 Å². The van der Waals surface area contributed by atoms with Crippen LogP contribution in [-0.2, 0) is 33.2 Å². The third-order valence-corrected chi connectivity index (χ3v) is 18.6. The molecule has 10 N–H and O–H groups in total. The monoisotopic (exact) mass is 898 g/mol. The Hall–Kier alpha value is -1.39. The van der Waals surface area contributed by atoms with Crippen LogP contribution in [0, 0.1) is 50.2 Å². The van der Waals surface area contributed by atoms with E-state index in [1.54, 1.807) is 0 Å². The van der Waals surface area contributed by atoms with Gasteiger partial charge in [0, 0.05) is 0 Å². The summed E-state index contributed by atoms with van der Waals surface area (Å²) in [7, 11) is 0. The van der Waals surface area contributed by atoms with E-state index in [0.717, 1.165) is 38.5 Å².